The summed E-state index contributed by atoms with van der Waals surface area (Å²) in [6.45, 7) is 0. The van der Waals surface area contributed by atoms with Crippen LogP contribution in [0.25, 0.3) is 0 Å². The molecule has 0 spiro atoms. The summed E-state index contributed by atoms with van der Waals surface area (Å²) in [7, 11) is 0. The Morgan fingerprint density at radius 2 is 2.21 bits per heavy atom. The summed E-state index contributed by atoms with van der Waals surface area (Å²) in [6, 6.07) is 5.62. The summed E-state index contributed by atoms with van der Waals surface area (Å²) in [5.74, 6) is 0.776. The Hall–Kier alpha value is -0.380. The summed E-state index contributed by atoms with van der Waals surface area (Å²) in [5.41, 5.74) is 2.11. The first-order valence-corrected chi connectivity index (χ1v) is 6.18. The monoisotopic (exact) mass is 230 g/mol. The molecule has 0 amide bonds. The zero-order valence-electron chi connectivity index (χ0n) is 7.57. The molecule has 1 N–H and O–H groups in total. The highest BCUT2D eigenvalue weighted by atomic mass is 35.5. The van der Waals surface area contributed by atoms with Gasteiger partial charge in [-0.15, -0.1) is 0 Å². The molecule has 1 saturated carbocycles. The molecular weight excluding hydrogens is 220 g/mol. The van der Waals surface area contributed by atoms with E-state index in [-0.39, 0.29) is 5.75 Å². The minimum atomic E-state index is -1.78. The highest BCUT2D eigenvalue weighted by molar-refractivity contribution is 7.78. The minimum absolute atomic E-state index is 0.187. The van der Waals surface area contributed by atoms with Crippen LogP contribution in [-0.2, 0) is 16.8 Å². The van der Waals surface area contributed by atoms with Crippen LogP contribution in [0.4, 0.5) is 0 Å². The zero-order valence-corrected chi connectivity index (χ0v) is 9.14. The Bertz CT molecular complexity index is 374. The van der Waals surface area contributed by atoms with Crippen LogP contribution in [0.5, 0.6) is 0 Å². The number of hydrogen-bond acceptors (Lipinski definition) is 1. The van der Waals surface area contributed by atoms with E-state index in [0.717, 1.165) is 5.56 Å². The van der Waals surface area contributed by atoms with Crippen molar-refractivity contribution in [1.82, 2.24) is 0 Å². The second-order valence-electron chi connectivity index (χ2n) is 3.58. The first kappa shape index (κ1) is 10.1. The lowest BCUT2D eigenvalue weighted by Crippen LogP contribution is -1.97. The van der Waals surface area contributed by atoms with E-state index < -0.39 is 11.1 Å². The summed E-state index contributed by atoms with van der Waals surface area (Å²) >= 11 is 4.06. The molecule has 0 bridgehead atoms. The second kappa shape index (κ2) is 4.01. The van der Waals surface area contributed by atoms with Gasteiger partial charge < -0.3 is 4.55 Å². The molecule has 2 rings (SSSR count). The Morgan fingerprint density at radius 1 is 1.50 bits per heavy atom. The van der Waals surface area contributed by atoms with Gasteiger partial charge in [-0.25, -0.2) is 4.21 Å². The number of hydrogen-bond donors (Lipinski definition) is 1. The van der Waals surface area contributed by atoms with Gasteiger partial charge in [0, 0.05) is 5.02 Å². The van der Waals surface area contributed by atoms with Crippen LogP contribution in [0.1, 0.15) is 29.9 Å². The second-order valence-corrected chi connectivity index (χ2v) is 4.95. The SMILES string of the molecule is O=S(O)Cc1cc(Cl)ccc1C1CC1. The Morgan fingerprint density at radius 3 is 2.79 bits per heavy atom. The average Bonchev–Trinajstić information content (AvgIpc) is 2.86. The van der Waals surface area contributed by atoms with Crippen molar-refractivity contribution in [2.75, 3.05) is 0 Å². The van der Waals surface area contributed by atoms with E-state index >= 15 is 0 Å². The number of rotatable bonds is 3. The predicted molar refractivity (Wildman–Crippen MR) is 57.9 cm³/mol. The van der Waals surface area contributed by atoms with Gasteiger partial charge in [0.1, 0.15) is 0 Å². The maximum atomic E-state index is 10.7. The van der Waals surface area contributed by atoms with Gasteiger partial charge >= 0.3 is 0 Å². The quantitative estimate of drug-likeness (QED) is 0.811. The third-order valence-corrected chi connectivity index (χ3v) is 3.19. The molecule has 1 unspecified atom stereocenters. The first-order chi connectivity index (χ1) is 6.66. The van der Waals surface area contributed by atoms with Crippen molar-refractivity contribution in [1.29, 1.82) is 0 Å². The zero-order chi connectivity index (χ0) is 10.1. The van der Waals surface area contributed by atoms with E-state index in [1.165, 1.54) is 18.4 Å². The average molecular weight is 231 g/mol. The van der Waals surface area contributed by atoms with Crippen molar-refractivity contribution >= 4 is 22.7 Å². The Labute approximate surface area is 90.6 Å². The van der Waals surface area contributed by atoms with Gasteiger partial charge in [0.2, 0.25) is 0 Å². The fraction of sp³-hybridized carbons (Fsp3) is 0.400. The van der Waals surface area contributed by atoms with Gasteiger partial charge in [-0.2, -0.15) is 0 Å². The molecule has 0 radical (unpaired) electrons. The third-order valence-electron chi connectivity index (χ3n) is 2.40. The molecule has 14 heavy (non-hydrogen) atoms. The summed E-state index contributed by atoms with van der Waals surface area (Å²) in [4.78, 5) is 0. The van der Waals surface area contributed by atoms with Crippen LogP contribution in [0.15, 0.2) is 18.2 Å². The molecule has 0 aromatic heterocycles. The lowest BCUT2D eigenvalue weighted by atomic mass is 10.1. The molecule has 76 valence electrons. The van der Waals surface area contributed by atoms with Crippen LogP contribution in [0.3, 0.4) is 0 Å². The summed E-state index contributed by atoms with van der Waals surface area (Å²) < 4.78 is 19.6. The van der Waals surface area contributed by atoms with Gasteiger partial charge in [0.15, 0.2) is 11.1 Å². The van der Waals surface area contributed by atoms with Crippen LogP contribution in [-0.4, -0.2) is 8.76 Å². The molecule has 1 aliphatic carbocycles. The molecule has 0 saturated heterocycles. The normalized spacial score (nSPS) is 18.1. The molecule has 1 fully saturated rings. The van der Waals surface area contributed by atoms with Crippen molar-refractivity contribution in [3.05, 3.63) is 34.3 Å². The van der Waals surface area contributed by atoms with Crippen LogP contribution in [0.2, 0.25) is 5.02 Å². The van der Waals surface area contributed by atoms with Crippen molar-refractivity contribution in [3.63, 3.8) is 0 Å². The predicted octanol–water partition coefficient (Wildman–Crippen LogP) is 2.94. The van der Waals surface area contributed by atoms with Crippen LogP contribution < -0.4 is 0 Å². The topological polar surface area (TPSA) is 37.3 Å². The number of benzene rings is 1. The van der Waals surface area contributed by atoms with Gasteiger partial charge in [0.25, 0.3) is 0 Å². The van der Waals surface area contributed by atoms with E-state index in [1.54, 1.807) is 6.07 Å². The molecule has 1 atom stereocenters. The van der Waals surface area contributed by atoms with Gasteiger partial charge in [0.05, 0.1) is 5.75 Å². The maximum Gasteiger partial charge on any atom is 0.157 e. The Kier molecular flexibility index (Phi) is 2.91. The summed E-state index contributed by atoms with van der Waals surface area (Å²) in [5, 5.41) is 0.634. The van der Waals surface area contributed by atoms with E-state index in [2.05, 4.69) is 0 Å². The van der Waals surface area contributed by atoms with Gasteiger partial charge in [-0.05, 0) is 42.0 Å². The smallest absolute Gasteiger partial charge is 0.157 e. The van der Waals surface area contributed by atoms with Gasteiger partial charge in [-0.3, -0.25) is 0 Å². The van der Waals surface area contributed by atoms with E-state index in [4.69, 9.17) is 16.2 Å². The van der Waals surface area contributed by atoms with E-state index in [0.29, 0.717) is 10.9 Å². The molecule has 0 aliphatic heterocycles. The van der Waals surface area contributed by atoms with E-state index in [1.807, 2.05) is 12.1 Å². The van der Waals surface area contributed by atoms with Gasteiger partial charge in [-0.1, -0.05) is 17.7 Å². The minimum Gasteiger partial charge on any atom is -0.306 e. The molecule has 2 nitrogen and oxygen atoms in total. The van der Waals surface area contributed by atoms with Crippen molar-refractivity contribution in [2.24, 2.45) is 0 Å². The standard InChI is InChI=1S/C10H11ClO2S/c11-9-3-4-10(7-1-2-7)8(5-9)6-14(12)13/h3-5,7H,1-2,6H2,(H,12,13). The van der Waals surface area contributed by atoms with Crippen LogP contribution >= 0.6 is 11.6 Å². The summed E-state index contributed by atoms with van der Waals surface area (Å²) in [6.07, 6.45) is 2.37. The molecule has 4 heteroatoms. The van der Waals surface area contributed by atoms with Crippen molar-refractivity contribution in [2.45, 2.75) is 24.5 Å². The lowest BCUT2D eigenvalue weighted by molar-refractivity contribution is 0.563. The molecule has 1 aromatic rings. The molecular formula is C10H11ClO2S. The third kappa shape index (κ3) is 2.35. The lowest BCUT2D eigenvalue weighted by Gasteiger charge is -2.06. The highest BCUT2D eigenvalue weighted by Crippen LogP contribution is 2.42. The Balaban J connectivity index is 2.32. The molecule has 1 aromatic carbocycles. The van der Waals surface area contributed by atoms with Crippen LogP contribution in [0, 0.1) is 0 Å². The molecule has 0 heterocycles. The van der Waals surface area contributed by atoms with Crippen molar-refractivity contribution in [3.8, 4) is 0 Å². The van der Waals surface area contributed by atoms with E-state index in [9.17, 15) is 4.21 Å². The maximum absolute atomic E-state index is 10.7. The first-order valence-electron chi connectivity index (χ1n) is 4.52. The highest BCUT2D eigenvalue weighted by Gasteiger charge is 2.26. The van der Waals surface area contributed by atoms with Crippen molar-refractivity contribution < 1.29 is 8.76 Å². The largest absolute Gasteiger partial charge is 0.306 e. The molecule has 1 aliphatic rings. The number of halogens is 1. The fourth-order valence-electron chi connectivity index (χ4n) is 1.62. The fourth-order valence-corrected chi connectivity index (χ4v) is 2.34.